The Morgan fingerprint density at radius 3 is 2.60 bits per heavy atom. The zero-order chi connectivity index (χ0) is 24.9. The van der Waals surface area contributed by atoms with Gasteiger partial charge in [-0.3, -0.25) is 14.3 Å². The molecule has 0 aliphatic carbocycles. The number of morpholine rings is 1. The van der Waals surface area contributed by atoms with E-state index in [0.29, 0.717) is 49.8 Å². The largest absolute Gasteiger partial charge is 0.370 e. The fraction of sp³-hybridized carbons (Fsp3) is 0.455. The monoisotopic (exact) mass is 492 g/mol. The quantitative estimate of drug-likeness (QED) is 0.658. The molecule has 2 atom stereocenters. The summed E-state index contributed by atoms with van der Waals surface area (Å²) in [6.07, 6.45) is 1.74. The van der Waals surface area contributed by atoms with Gasteiger partial charge in [-0.1, -0.05) is 0 Å². The highest BCUT2D eigenvalue weighted by Crippen LogP contribution is 2.32. The van der Waals surface area contributed by atoms with Crippen molar-refractivity contribution in [2.75, 3.05) is 36.5 Å². The number of carbonyl (C=O) groups excluding carboxylic acids is 3. The second-order valence-corrected chi connectivity index (χ2v) is 8.82. The number of nitrogens with one attached hydrogen (secondary N) is 1. The molecule has 1 aromatic carbocycles. The van der Waals surface area contributed by atoms with Crippen LogP contribution in [0.1, 0.15) is 19.0 Å². The van der Waals surface area contributed by atoms with E-state index >= 15 is 0 Å². The van der Waals surface area contributed by atoms with Crippen molar-refractivity contribution >= 4 is 29.2 Å². The first-order valence-electron chi connectivity index (χ1n) is 11.2. The molecule has 1 unspecified atom stereocenters. The van der Waals surface area contributed by atoms with Gasteiger partial charge in [0, 0.05) is 37.3 Å². The minimum absolute atomic E-state index is 0.00229. The van der Waals surface area contributed by atoms with Crippen LogP contribution in [0.15, 0.2) is 18.3 Å². The molecule has 13 heteroatoms. The highest BCUT2D eigenvalue weighted by atomic mass is 19.2. The molecule has 1 aromatic heterocycles. The maximum absolute atomic E-state index is 13.6. The molecule has 2 fully saturated rings. The number of anilines is 2. The van der Waals surface area contributed by atoms with Gasteiger partial charge in [-0.15, -0.1) is 0 Å². The number of rotatable bonds is 3. The Bertz CT molecular complexity index is 1180. The van der Waals surface area contributed by atoms with Crippen LogP contribution in [0.2, 0.25) is 0 Å². The molecule has 3 aliphatic heterocycles. The summed E-state index contributed by atoms with van der Waals surface area (Å²) in [6, 6.07) is 0.177. The number of amides is 4. The smallest absolute Gasteiger partial charge is 0.322 e. The SMILES string of the molecule is C[C@H]1Cn2ncc(N3CC(N4CCOCC4=O)CC3=O)c2CN1C(=O)Nc1cc(F)c(F)c(F)c1. The third-order valence-corrected chi connectivity index (χ3v) is 6.57. The van der Waals surface area contributed by atoms with E-state index in [4.69, 9.17) is 4.74 Å². The fourth-order valence-electron chi connectivity index (χ4n) is 4.75. The minimum Gasteiger partial charge on any atom is -0.370 e. The number of halogens is 3. The normalized spacial score (nSPS) is 22.6. The first-order chi connectivity index (χ1) is 16.7. The Kier molecular flexibility index (Phi) is 5.87. The Balaban J connectivity index is 1.33. The molecule has 5 rings (SSSR count). The van der Waals surface area contributed by atoms with Crippen LogP contribution >= 0.6 is 0 Å². The second-order valence-electron chi connectivity index (χ2n) is 8.82. The average molecular weight is 492 g/mol. The summed E-state index contributed by atoms with van der Waals surface area (Å²) >= 11 is 0. The molecule has 1 N–H and O–H groups in total. The molecule has 0 bridgehead atoms. The van der Waals surface area contributed by atoms with E-state index in [-0.39, 0.29) is 49.2 Å². The molecule has 0 spiro atoms. The molecule has 4 heterocycles. The fourth-order valence-corrected chi connectivity index (χ4v) is 4.75. The lowest BCUT2D eigenvalue weighted by Gasteiger charge is -2.35. The molecule has 4 amide bonds. The molecular formula is C22H23F3N6O4. The van der Waals surface area contributed by atoms with Gasteiger partial charge < -0.3 is 24.8 Å². The van der Waals surface area contributed by atoms with Gasteiger partial charge in [-0.2, -0.15) is 5.10 Å². The van der Waals surface area contributed by atoms with Crippen LogP contribution in [0, 0.1) is 17.5 Å². The summed E-state index contributed by atoms with van der Waals surface area (Å²) in [5, 5.41) is 6.77. The molecule has 0 saturated carbocycles. The number of benzene rings is 1. The van der Waals surface area contributed by atoms with E-state index in [1.807, 2.05) is 0 Å². The predicted molar refractivity (Wildman–Crippen MR) is 116 cm³/mol. The van der Waals surface area contributed by atoms with Crippen LogP contribution in [0.5, 0.6) is 0 Å². The zero-order valence-electron chi connectivity index (χ0n) is 18.8. The first-order valence-corrected chi connectivity index (χ1v) is 11.2. The lowest BCUT2D eigenvalue weighted by atomic mass is 10.2. The molecule has 3 aliphatic rings. The molecular weight excluding hydrogens is 469 g/mol. The van der Waals surface area contributed by atoms with Crippen LogP contribution in [0.25, 0.3) is 0 Å². The van der Waals surface area contributed by atoms with Crippen molar-refractivity contribution in [2.24, 2.45) is 0 Å². The predicted octanol–water partition coefficient (Wildman–Crippen LogP) is 1.70. The van der Waals surface area contributed by atoms with Crippen molar-refractivity contribution in [3.63, 3.8) is 0 Å². The number of ether oxygens (including phenoxy) is 1. The van der Waals surface area contributed by atoms with E-state index in [1.165, 1.54) is 4.90 Å². The van der Waals surface area contributed by atoms with Crippen LogP contribution in [-0.2, 0) is 27.4 Å². The van der Waals surface area contributed by atoms with E-state index in [0.717, 1.165) is 0 Å². The lowest BCUT2D eigenvalue weighted by Crippen LogP contribution is -2.49. The third-order valence-electron chi connectivity index (χ3n) is 6.57. The van der Waals surface area contributed by atoms with Gasteiger partial charge in [0.1, 0.15) is 6.61 Å². The summed E-state index contributed by atoms with van der Waals surface area (Å²) in [4.78, 5) is 42.7. The third kappa shape index (κ3) is 4.20. The number of carbonyl (C=O) groups is 3. The summed E-state index contributed by atoms with van der Waals surface area (Å²) in [5.74, 6) is -4.74. The number of aromatic nitrogens is 2. The number of nitrogens with zero attached hydrogens (tertiary/aromatic N) is 5. The summed E-state index contributed by atoms with van der Waals surface area (Å²) in [6.45, 7) is 3.35. The van der Waals surface area contributed by atoms with Gasteiger partial charge >= 0.3 is 6.03 Å². The van der Waals surface area contributed by atoms with Gasteiger partial charge in [0.25, 0.3) is 0 Å². The molecule has 186 valence electrons. The molecule has 2 saturated heterocycles. The zero-order valence-corrected chi connectivity index (χ0v) is 18.8. The summed E-state index contributed by atoms with van der Waals surface area (Å²) < 4.78 is 47.2. The molecule has 2 aromatic rings. The van der Waals surface area contributed by atoms with E-state index in [2.05, 4.69) is 10.4 Å². The molecule has 10 nitrogen and oxygen atoms in total. The van der Waals surface area contributed by atoms with E-state index < -0.39 is 23.5 Å². The molecule has 35 heavy (non-hydrogen) atoms. The van der Waals surface area contributed by atoms with Crippen LogP contribution < -0.4 is 10.2 Å². The number of fused-ring (bicyclic) bond motifs is 1. The van der Waals surface area contributed by atoms with Gasteiger partial charge in [0.2, 0.25) is 11.8 Å². The van der Waals surface area contributed by atoms with Crippen molar-refractivity contribution in [3.8, 4) is 0 Å². The molecule has 0 radical (unpaired) electrons. The number of hydrogen-bond acceptors (Lipinski definition) is 5. The van der Waals surface area contributed by atoms with Crippen LogP contribution in [0.3, 0.4) is 0 Å². The van der Waals surface area contributed by atoms with Crippen LogP contribution in [-0.4, -0.2) is 75.8 Å². The Morgan fingerprint density at radius 1 is 1.14 bits per heavy atom. The minimum atomic E-state index is -1.62. The van der Waals surface area contributed by atoms with Crippen LogP contribution in [0.4, 0.5) is 29.3 Å². The summed E-state index contributed by atoms with van der Waals surface area (Å²) in [7, 11) is 0. The Labute approximate surface area is 198 Å². The van der Waals surface area contributed by atoms with Crippen molar-refractivity contribution in [2.45, 2.75) is 38.5 Å². The lowest BCUT2D eigenvalue weighted by molar-refractivity contribution is -0.145. The van der Waals surface area contributed by atoms with Crippen molar-refractivity contribution in [1.82, 2.24) is 19.6 Å². The topological polar surface area (TPSA) is 100 Å². The van der Waals surface area contributed by atoms with Crippen molar-refractivity contribution in [3.05, 3.63) is 41.5 Å². The van der Waals surface area contributed by atoms with Crippen molar-refractivity contribution < 1.29 is 32.3 Å². The van der Waals surface area contributed by atoms with E-state index in [9.17, 15) is 27.6 Å². The van der Waals surface area contributed by atoms with Gasteiger partial charge in [0.05, 0.1) is 49.4 Å². The Morgan fingerprint density at radius 2 is 1.89 bits per heavy atom. The highest BCUT2D eigenvalue weighted by Gasteiger charge is 2.40. The van der Waals surface area contributed by atoms with Gasteiger partial charge in [-0.05, 0) is 6.92 Å². The highest BCUT2D eigenvalue weighted by molar-refractivity contribution is 5.97. The summed E-state index contributed by atoms with van der Waals surface area (Å²) in [5.41, 5.74) is 0.949. The Hall–Kier alpha value is -3.61. The average Bonchev–Trinajstić information content (AvgIpc) is 3.39. The number of hydrogen-bond donors (Lipinski definition) is 1. The number of urea groups is 1. The van der Waals surface area contributed by atoms with Crippen molar-refractivity contribution in [1.29, 1.82) is 0 Å². The maximum atomic E-state index is 13.6. The van der Waals surface area contributed by atoms with E-state index in [1.54, 1.807) is 27.6 Å². The van der Waals surface area contributed by atoms with Gasteiger partial charge in [-0.25, -0.2) is 18.0 Å². The van der Waals surface area contributed by atoms with Gasteiger partial charge in [0.15, 0.2) is 17.5 Å². The first kappa shape index (κ1) is 23.1. The standard InChI is InChI=1S/C22H23F3N6O4/c1-12-8-31-18(10-29(12)22(34)27-13-4-15(23)21(25)16(24)5-13)17(7-26-31)30-9-14(6-19(30)32)28-2-3-35-11-20(28)33/h4-5,7,12,14H,2-3,6,8-11H2,1H3,(H,27,34)/t12-,14?/m0/s1. The second kappa shape index (κ2) is 8.87. The maximum Gasteiger partial charge on any atom is 0.322 e.